The number of H-pyrrole nitrogens is 1. The van der Waals surface area contributed by atoms with E-state index in [0.717, 1.165) is 24.2 Å². The Morgan fingerprint density at radius 2 is 2.16 bits per heavy atom. The van der Waals surface area contributed by atoms with Gasteiger partial charge in [0, 0.05) is 12.6 Å². The van der Waals surface area contributed by atoms with Crippen LogP contribution in [0.1, 0.15) is 24.7 Å². The van der Waals surface area contributed by atoms with Gasteiger partial charge in [0.05, 0.1) is 0 Å². The van der Waals surface area contributed by atoms with Gasteiger partial charge in [-0.25, -0.2) is 0 Å². The molecule has 0 unspecified atom stereocenters. The molecule has 0 saturated carbocycles. The first-order chi connectivity index (χ1) is 9.31. The van der Waals surface area contributed by atoms with E-state index in [0.29, 0.717) is 4.77 Å². The number of aryl methyl sites for hydroxylation is 1. The largest absolute Gasteiger partial charge is 0.250 e. The third-order valence-electron chi connectivity index (χ3n) is 2.55. The van der Waals surface area contributed by atoms with Crippen molar-refractivity contribution in [3.63, 3.8) is 0 Å². The molecule has 4 nitrogen and oxygen atoms in total. The molecule has 0 aliphatic rings. The average molecular weight is 272 g/mol. The summed E-state index contributed by atoms with van der Waals surface area (Å²) in [6.07, 6.45) is 7.46. The van der Waals surface area contributed by atoms with Crippen LogP contribution in [0.2, 0.25) is 0 Å². The summed E-state index contributed by atoms with van der Waals surface area (Å²) in [4.78, 5) is 0. The fourth-order valence-electron chi connectivity index (χ4n) is 1.65. The molecule has 0 atom stereocenters. The van der Waals surface area contributed by atoms with Crippen molar-refractivity contribution in [3.8, 4) is 0 Å². The van der Waals surface area contributed by atoms with Crippen LogP contribution in [-0.4, -0.2) is 21.1 Å². The number of nitrogens with one attached hydrogen (secondary N) is 1. The number of benzene rings is 1. The zero-order valence-electron chi connectivity index (χ0n) is 10.8. The summed E-state index contributed by atoms with van der Waals surface area (Å²) in [6, 6.07) is 10.1. The zero-order chi connectivity index (χ0) is 13.5. The molecule has 1 aromatic heterocycles. The summed E-state index contributed by atoms with van der Waals surface area (Å²) >= 11 is 5.14. The molecular weight excluding hydrogens is 256 g/mol. The molecule has 0 fully saturated rings. The smallest absolute Gasteiger partial charge is 0.216 e. The highest BCUT2D eigenvalue weighted by Crippen LogP contribution is 2.02. The fourth-order valence-corrected chi connectivity index (χ4v) is 1.85. The van der Waals surface area contributed by atoms with Gasteiger partial charge in [-0.3, -0.25) is 5.10 Å². The number of nitrogens with zero attached hydrogens (tertiary/aromatic N) is 3. The first-order valence-electron chi connectivity index (χ1n) is 6.23. The molecule has 0 aliphatic heterocycles. The number of aromatic amines is 1. The monoisotopic (exact) mass is 272 g/mol. The predicted molar refractivity (Wildman–Crippen MR) is 80.8 cm³/mol. The van der Waals surface area contributed by atoms with Crippen molar-refractivity contribution in [2.45, 2.75) is 19.8 Å². The molecule has 1 N–H and O–H groups in total. The molecule has 0 saturated heterocycles. The van der Waals surface area contributed by atoms with Crippen molar-refractivity contribution in [3.05, 3.63) is 52.6 Å². The maximum atomic E-state index is 5.14. The van der Waals surface area contributed by atoms with E-state index in [-0.39, 0.29) is 0 Å². The summed E-state index contributed by atoms with van der Waals surface area (Å²) in [5.74, 6) is 0.858. The number of allylic oxidation sites excluding steroid dienone is 1. The number of hydrogen-bond donors (Lipinski definition) is 1. The standard InChI is InChI=1S/C14H16N4S/c1-2-7-13-16-17-14(19)18(13)15-11-6-10-12-8-4-3-5-9-12/h3-6,8-11H,2,7H2,1H3,(H,17,19)/b10-6+,15-11+. The van der Waals surface area contributed by atoms with Crippen LogP contribution >= 0.6 is 12.2 Å². The topological polar surface area (TPSA) is 46.0 Å². The Labute approximate surface area is 117 Å². The first kappa shape index (κ1) is 13.4. The number of rotatable bonds is 5. The van der Waals surface area contributed by atoms with E-state index in [1.165, 1.54) is 0 Å². The van der Waals surface area contributed by atoms with Gasteiger partial charge in [0.15, 0.2) is 5.82 Å². The number of hydrogen-bond acceptors (Lipinski definition) is 3. The maximum absolute atomic E-state index is 5.14. The molecule has 1 heterocycles. The lowest BCUT2D eigenvalue weighted by Crippen LogP contribution is -1.97. The second-order valence-electron chi connectivity index (χ2n) is 4.04. The minimum Gasteiger partial charge on any atom is -0.250 e. The molecule has 0 spiro atoms. The lowest BCUT2D eigenvalue weighted by molar-refractivity contribution is 0.740. The Hall–Kier alpha value is -2.01. The van der Waals surface area contributed by atoms with Gasteiger partial charge < -0.3 is 0 Å². The van der Waals surface area contributed by atoms with Crippen LogP contribution in [0.15, 0.2) is 41.5 Å². The Morgan fingerprint density at radius 3 is 2.89 bits per heavy atom. The summed E-state index contributed by atoms with van der Waals surface area (Å²) in [5, 5.41) is 11.2. The molecule has 5 heteroatoms. The van der Waals surface area contributed by atoms with Gasteiger partial charge in [-0.1, -0.05) is 43.3 Å². The molecule has 2 rings (SSSR count). The highest BCUT2D eigenvalue weighted by Gasteiger charge is 2.01. The highest BCUT2D eigenvalue weighted by atomic mass is 32.1. The van der Waals surface area contributed by atoms with Crippen LogP contribution < -0.4 is 0 Å². The molecule has 98 valence electrons. The Morgan fingerprint density at radius 1 is 1.37 bits per heavy atom. The van der Waals surface area contributed by atoms with Crippen molar-refractivity contribution < 1.29 is 0 Å². The molecule has 0 radical (unpaired) electrons. The van der Waals surface area contributed by atoms with Crippen LogP contribution in [0.3, 0.4) is 0 Å². The minimum absolute atomic E-state index is 0.521. The van der Waals surface area contributed by atoms with Crippen LogP contribution in [0.5, 0.6) is 0 Å². The summed E-state index contributed by atoms with van der Waals surface area (Å²) in [7, 11) is 0. The van der Waals surface area contributed by atoms with Gasteiger partial charge in [-0.2, -0.15) is 14.9 Å². The summed E-state index contributed by atoms with van der Waals surface area (Å²) in [6.45, 7) is 2.10. The lowest BCUT2D eigenvalue weighted by Gasteiger charge is -1.96. The van der Waals surface area contributed by atoms with Crippen LogP contribution in [-0.2, 0) is 6.42 Å². The van der Waals surface area contributed by atoms with E-state index < -0.39 is 0 Å². The lowest BCUT2D eigenvalue weighted by atomic mass is 10.2. The van der Waals surface area contributed by atoms with Crippen LogP contribution in [0.25, 0.3) is 6.08 Å². The quantitative estimate of drug-likeness (QED) is 0.669. The van der Waals surface area contributed by atoms with E-state index in [4.69, 9.17) is 12.2 Å². The fraction of sp³-hybridized carbons (Fsp3) is 0.214. The molecule has 0 bridgehead atoms. The molecular formula is C14H16N4S. The van der Waals surface area contributed by atoms with E-state index in [2.05, 4.69) is 22.2 Å². The van der Waals surface area contributed by atoms with E-state index >= 15 is 0 Å². The SMILES string of the molecule is CCCc1n[nH]c(=S)n1/N=C/C=C/c1ccccc1. The highest BCUT2D eigenvalue weighted by molar-refractivity contribution is 7.71. The minimum atomic E-state index is 0.521. The van der Waals surface area contributed by atoms with Gasteiger partial charge in [-0.15, -0.1) is 0 Å². The summed E-state index contributed by atoms with van der Waals surface area (Å²) in [5.41, 5.74) is 1.14. The average Bonchev–Trinajstić information content (AvgIpc) is 2.78. The third-order valence-corrected chi connectivity index (χ3v) is 2.81. The van der Waals surface area contributed by atoms with Crippen LogP contribution in [0.4, 0.5) is 0 Å². The van der Waals surface area contributed by atoms with E-state index in [9.17, 15) is 0 Å². The Balaban J connectivity index is 2.09. The molecule has 2 aromatic rings. The van der Waals surface area contributed by atoms with Gasteiger partial charge in [0.2, 0.25) is 4.77 Å². The van der Waals surface area contributed by atoms with Crippen LogP contribution in [0, 0.1) is 4.77 Å². The Bertz CT molecular complexity index is 622. The van der Waals surface area contributed by atoms with Gasteiger partial charge in [0.25, 0.3) is 0 Å². The van der Waals surface area contributed by atoms with Crippen molar-refractivity contribution in [2.75, 3.05) is 0 Å². The predicted octanol–water partition coefficient (Wildman–Crippen LogP) is 3.44. The molecule has 0 aliphatic carbocycles. The molecule has 19 heavy (non-hydrogen) atoms. The van der Waals surface area contributed by atoms with Crippen molar-refractivity contribution in [2.24, 2.45) is 5.10 Å². The Kier molecular flexibility index (Phi) is 4.80. The van der Waals surface area contributed by atoms with Gasteiger partial charge in [0.1, 0.15) is 0 Å². The van der Waals surface area contributed by atoms with E-state index in [1.54, 1.807) is 10.9 Å². The molecule has 1 aromatic carbocycles. The third kappa shape index (κ3) is 3.72. The van der Waals surface area contributed by atoms with Crippen molar-refractivity contribution in [1.29, 1.82) is 0 Å². The normalized spacial score (nSPS) is 11.6. The van der Waals surface area contributed by atoms with Crippen molar-refractivity contribution in [1.82, 2.24) is 14.9 Å². The summed E-state index contributed by atoms with van der Waals surface area (Å²) < 4.78 is 2.18. The number of aromatic nitrogens is 3. The molecule has 0 amide bonds. The van der Waals surface area contributed by atoms with Gasteiger partial charge >= 0.3 is 0 Å². The van der Waals surface area contributed by atoms with E-state index in [1.807, 2.05) is 42.5 Å². The maximum Gasteiger partial charge on any atom is 0.216 e. The van der Waals surface area contributed by atoms with Gasteiger partial charge in [-0.05, 0) is 30.3 Å². The second-order valence-corrected chi connectivity index (χ2v) is 4.43. The van der Waals surface area contributed by atoms with Crippen molar-refractivity contribution >= 4 is 24.5 Å². The first-order valence-corrected chi connectivity index (χ1v) is 6.64. The second kappa shape index (κ2) is 6.80. The zero-order valence-corrected chi connectivity index (χ0v) is 11.6.